The van der Waals surface area contributed by atoms with E-state index in [1.165, 1.54) is 16.2 Å². The van der Waals surface area contributed by atoms with E-state index < -0.39 is 0 Å². The normalized spacial score (nSPS) is 16.4. The molecule has 0 radical (unpaired) electrons. The van der Waals surface area contributed by atoms with Crippen molar-refractivity contribution in [3.8, 4) is 11.5 Å². The molecule has 1 unspecified atom stereocenters. The fourth-order valence-electron chi connectivity index (χ4n) is 3.46. The third-order valence-electron chi connectivity index (χ3n) is 5.15. The molecule has 7 heteroatoms. The van der Waals surface area contributed by atoms with Crippen molar-refractivity contribution in [3.05, 3.63) is 64.6 Å². The van der Waals surface area contributed by atoms with Crippen molar-refractivity contribution in [2.45, 2.75) is 45.4 Å². The number of hydrogen-bond donors (Lipinski definition) is 3. The lowest BCUT2D eigenvalue weighted by atomic mass is 10.1. The number of rotatable bonds is 11. The van der Waals surface area contributed by atoms with Gasteiger partial charge in [-0.05, 0) is 86.2 Å². The van der Waals surface area contributed by atoms with Gasteiger partial charge < -0.3 is 25.7 Å². The predicted molar refractivity (Wildman–Crippen MR) is 132 cm³/mol. The Morgan fingerprint density at radius 3 is 2.09 bits per heavy atom. The van der Waals surface area contributed by atoms with Gasteiger partial charge in [0.05, 0.1) is 24.3 Å². The molecule has 0 saturated carbocycles. The van der Waals surface area contributed by atoms with E-state index in [0.29, 0.717) is 30.1 Å². The van der Waals surface area contributed by atoms with E-state index in [9.17, 15) is 0 Å². The van der Waals surface area contributed by atoms with Crippen molar-refractivity contribution in [1.29, 1.82) is 0 Å². The lowest BCUT2D eigenvalue weighted by molar-refractivity contribution is 0.279. The lowest BCUT2D eigenvalue weighted by Crippen LogP contribution is -2.15. The Hall–Kier alpha value is -2.80. The molecular weight excluding hydrogens is 422 g/mol. The number of ether oxygens (including phenoxy) is 2. The highest BCUT2D eigenvalue weighted by atomic mass is 32.2. The van der Waals surface area contributed by atoms with Gasteiger partial charge in [0.1, 0.15) is 11.5 Å². The molecule has 1 atom stereocenters. The third-order valence-corrected chi connectivity index (χ3v) is 6.55. The van der Waals surface area contributed by atoms with Crippen LogP contribution in [0.3, 0.4) is 0 Å². The van der Waals surface area contributed by atoms with Gasteiger partial charge in [-0.1, -0.05) is 19.0 Å². The first kappa shape index (κ1) is 23.9. The van der Waals surface area contributed by atoms with Crippen LogP contribution in [0.25, 0.3) is 5.70 Å². The number of oxime groups is 1. The molecule has 0 aliphatic carbocycles. The van der Waals surface area contributed by atoms with Gasteiger partial charge in [-0.3, -0.25) is 0 Å². The summed E-state index contributed by atoms with van der Waals surface area (Å²) in [5.74, 6) is 2.29. The van der Waals surface area contributed by atoms with E-state index in [-0.39, 0.29) is 5.84 Å². The second kappa shape index (κ2) is 11.7. The summed E-state index contributed by atoms with van der Waals surface area (Å²) in [4.78, 5) is 1.42. The smallest absolute Gasteiger partial charge is 0.170 e. The number of nitrogens with one attached hydrogen (secondary N) is 1. The first-order valence-corrected chi connectivity index (χ1v) is 12.0. The Balaban J connectivity index is 1.34. The summed E-state index contributed by atoms with van der Waals surface area (Å²) in [6.07, 6.45) is 2.97. The minimum atomic E-state index is 0.0902. The predicted octanol–water partition coefficient (Wildman–Crippen LogP) is 5.42. The molecule has 2 aromatic rings. The molecule has 1 aliphatic heterocycles. The number of allylic oxidation sites excluding steroid dienone is 1. The largest absolute Gasteiger partial charge is 0.494 e. The van der Waals surface area contributed by atoms with E-state index in [2.05, 4.69) is 55.5 Å². The van der Waals surface area contributed by atoms with Gasteiger partial charge in [-0.15, -0.1) is 11.8 Å². The summed E-state index contributed by atoms with van der Waals surface area (Å²) >= 11 is 1.91. The van der Waals surface area contributed by atoms with E-state index in [0.717, 1.165) is 30.8 Å². The monoisotopic (exact) mass is 455 g/mol. The zero-order valence-corrected chi connectivity index (χ0v) is 19.8. The highest BCUT2D eigenvalue weighted by Crippen LogP contribution is 2.39. The number of nitrogens with zero attached hydrogens (tertiary/aromatic N) is 1. The van der Waals surface area contributed by atoms with Crippen molar-refractivity contribution in [3.63, 3.8) is 0 Å². The SMILES string of the molecule is CC1NC(c2ccc(OCCCCCOc3ccc(C(N)=NO)cc3)cc2)=C(C(C)C)S1. The number of hydrogen-bond acceptors (Lipinski definition) is 6. The van der Waals surface area contributed by atoms with E-state index in [1.807, 2.05) is 23.9 Å². The van der Waals surface area contributed by atoms with Crippen LogP contribution in [0.2, 0.25) is 0 Å². The molecule has 172 valence electrons. The molecule has 0 amide bonds. The minimum absolute atomic E-state index is 0.0902. The minimum Gasteiger partial charge on any atom is -0.494 e. The van der Waals surface area contributed by atoms with Crippen LogP contribution in [0.5, 0.6) is 11.5 Å². The Labute approximate surface area is 194 Å². The van der Waals surface area contributed by atoms with Gasteiger partial charge in [0.25, 0.3) is 0 Å². The maximum Gasteiger partial charge on any atom is 0.170 e. The third kappa shape index (κ3) is 6.60. The second-order valence-electron chi connectivity index (χ2n) is 8.09. The fraction of sp³-hybridized carbons (Fsp3) is 0.400. The second-order valence-corrected chi connectivity index (χ2v) is 9.47. The Morgan fingerprint density at radius 2 is 1.56 bits per heavy atom. The quantitative estimate of drug-likeness (QED) is 0.138. The molecule has 0 fully saturated rings. The van der Waals surface area contributed by atoms with Crippen molar-refractivity contribution >= 4 is 23.3 Å². The number of thioether (sulfide) groups is 1. The molecule has 0 saturated heterocycles. The summed E-state index contributed by atoms with van der Waals surface area (Å²) in [5, 5.41) is 15.7. The molecule has 3 rings (SSSR count). The average Bonchev–Trinajstić information content (AvgIpc) is 3.21. The van der Waals surface area contributed by atoms with Crippen LogP contribution in [-0.2, 0) is 0 Å². The average molecular weight is 456 g/mol. The van der Waals surface area contributed by atoms with Crippen molar-refractivity contribution < 1.29 is 14.7 Å². The zero-order chi connectivity index (χ0) is 22.9. The zero-order valence-electron chi connectivity index (χ0n) is 19.0. The molecule has 0 aromatic heterocycles. The molecule has 0 spiro atoms. The summed E-state index contributed by atoms with van der Waals surface area (Å²) < 4.78 is 11.6. The van der Waals surface area contributed by atoms with Crippen LogP contribution in [0.4, 0.5) is 0 Å². The fourth-order valence-corrected chi connectivity index (χ4v) is 4.59. The first-order chi connectivity index (χ1) is 15.5. The summed E-state index contributed by atoms with van der Waals surface area (Å²) in [6, 6.07) is 15.6. The number of unbranched alkanes of at least 4 members (excludes halogenated alkanes) is 2. The molecule has 0 bridgehead atoms. The number of benzene rings is 2. The highest BCUT2D eigenvalue weighted by Gasteiger charge is 2.23. The molecule has 2 aromatic carbocycles. The van der Waals surface area contributed by atoms with Crippen LogP contribution in [0.1, 0.15) is 51.2 Å². The maximum absolute atomic E-state index is 8.68. The van der Waals surface area contributed by atoms with Gasteiger partial charge in [0.2, 0.25) is 0 Å². The van der Waals surface area contributed by atoms with Crippen LogP contribution in [-0.4, -0.2) is 29.6 Å². The maximum atomic E-state index is 8.68. The van der Waals surface area contributed by atoms with E-state index >= 15 is 0 Å². The van der Waals surface area contributed by atoms with Crippen LogP contribution in [0.15, 0.2) is 58.6 Å². The van der Waals surface area contributed by atoms with Crippen LogP contribution in [0, 0.1) is 5.92 Å². The lowest BCUT2D eigenvalue weighted by Gasteiger charge is -2.11. The van der Waals surface area contributed by atoms with Crippen LogP contribution >= 0.6 is 11.8 Å². The standard InChI is InChI=1S/C25H33N3O3S/c1-17(2)24-23(27-18(3)32-24)19-7-11-21(12-8-19)30-15-5-4-6-16-31-22-13-9-20(10-14-22)25(26)28-29/h7-14,17-18,27,29H,4-6,15-16H2,1-3H3,(H2,26,28). The molecule has 1 aliphatic rings. The summed E-state index contributed by atoms with van der Waals surface area (Å²) in [6.45, 7) is 8.02. The van der Waals surface area contributed by atoms with Gasteiger partial charge in [-0.2, -0.15) is 0 Å². The molecule has 32 heavy (non-hydrogen) atoms. The van der Waals surface area contributed by atoms with E-state index in [1.54, 1.807) is 12.1 Å². The Bertz CT molecular complexity index is 924. The van der Waals surface area contributed by atoms with Gasteiger partial charge in [0, 0.05) is 10.5 Å². The molecule has 6 nitrogen and oxygen atoms in total. The summed E-state index contributed by atoms with van der Waals surface area (Å²) in [5.41, 5.74) is 8.69. The molecule has 1 heterocycles. The van der Waals surface area contributed by atoms with Gasteiger partial charge >= 0.3 is 0 Å². The highest BCUT2D eigenvalue weighted by molar-refractivity contribution is 8.04. The summed E-state index contributed by atoms with van der Waals surface area (Å²) in [7, 11) is 0. The topological polar surface area (TPSA) is 89.1 Å². The first-order valence-electron chi connectivity index (χ1n) is 11.1. The number of amidine groups is 1. The van der Waals surface area contributed by atoms with E-state index in [4.69, 9.17) is 20.4 Å². The molecule has 4 N–H and O–H groups in total. The number of nitrogens with two attached hydrogens (primary N) is 1. The van der Waals surface area contributed by atoms with Crippen molar-refractivity contribution in [1.82, 2.24) is 5.32 Å². The van der Waals surface area contributed by atoms with Crippen molar-refractivity contribution in [2.75, 3.05) is 13.2 Å². The Kier molecular flexibility index (Phi) is 8.73. The molecular formula is C25H33N3O3S. The van der Waals surface area contributed by atoms with Gasteiger partial charge in [-0.25, -0.2) is 0 Å². The van der Waals surface area contributed by atoms with Crippen LogP contribution < -0.4 is 20.5 Å². The Morgan fingerprint density at radius 1 is 1.00 bits per heavy atom. The van der Waals surface area contributed by atoms with Crippen molar-refractivity contribution in [2.24, 2.45) is 16.8 Å². The van der Waals surface area contributed by atoms with Gasteiger partial charge in [0.15, 0.2) is 5.84 Å².